The molecule has 0 radical (unpaired) electrons. The fourth-order valence-electron chi connectivity index (χ4n) is 3.60. The van der Waals surface area contributed by atoms with Crippen LogP contribution in [0.2, 0.25) is 0 Å². The first-order valence-corrected chi connectivity index (χ1v) is 9.63. The molecule has 1 N–H and O–H groups in total. The molecule has 2 heterocycles. The van der Waals surface area contributed by atoms with E-state index in [1.165, 1.54) is 16.6 Å². The van der Waals surface area contributed by atoms with E-state index in [1.54, 1.807) is 6.33 Å². The van der Waals surface area contributed by atoms with Gasteiger partial charge in [-0.25, -0.2) is 9.97 Å². The molecule has 0 fully saturated rings. The van der Waals surface area contributed by atoms with Gasteiger partial charge in [0, 0.05) is 6.54 Å². The van der Waals surface area contributed by atoms with Crippen LogP contribution >= 0.6 is 0 Å². The summed E-state index contributed by atoms with van der Waals surface area (Å²) in [4.78, 5) is 12.1. The van der Waals surface area contributed by atoms with Crippen molar-refractivity contribution in [2.24, 2.45) is 0 Å². The quantitative estimate of drug-likeness (QED) is 0.516. The maximum atomic E-state index is 4.60. The molecule has 4 nitrogen and oxygen atoms in total. The number of rotatable bonds is 4. The van der Waals surface area contributed by atoms with Crippen molar-refractivity contribution in [2.75, 3.05) is 0 Å². The number of benzene rings is 2. The first kappa shape index (κ1) is 17.8. The number of imidazole rings is 2. The summed E-state index contributed by atoms with van der Waals surface area (Å²) in [5.74, 6) is 0. The Hall–Kier alpha value is -2.62. The van der Waals surface area contributed by atoms with Crippen LogP contribution in [0.5, 0.6) is 0 Å². The van der Waals surface area contributed by atoms with Crippen molar-refractivity contribution in [1.29, 1.82) is 0 Å². The van der Waals surface area contributed by atoms with E-state index in [-0.39, 0.29) is 10.8 Å². The summed E-state index contributed by atoms with van der Waals surface area (Å²) >= 11 is 0. The number of nitrogens with zero attached hydrogens (tertiary/aromatic N) is 3. The molecule has 0 aliphatic carbocycles. The molecule has 0 saturated carbocycles. The second-order valence-corrected chi connectivity index (χ2v) is 9.16. The predicted molar refractivity (Wildman–Crippen MR) is 112 cm³/mol. The third-order valence-electron chi connectivity index (χ3n) is 5.67. The highest BCUT2D eigenvalue weighted by Gasteiger charge is 2.22. The molecule has 4 rings (SSSR count). The van der Waals surface area contributed by atoms with Gasteiger partial charge < -0.3 is 9.55 Å². The fourth-order valence-corrected chi connectivity index (χ4v) is 3.60. The van der Waals surface area contributed by atoms with Gasteiger partial charge in [-0.15, -0.1) is 0 Å². The third kappa shape index (κ3) is 3.36. The standard InChI is InChI=1S/C23H28N4/c1-22(2,3)16-6-9-19-21(13-16)27(15-26-19)11-10-23(4,5)17-7-8-18-20(12-17)25-14-24-18/h6-9,12-15H,10-11H2,1-5H3,(H,24,25). The second-order valence-electron chi connectivity index (χ2n) is 9.16. The number of H-pyrrole nitrogens is 1. The summed E-state index contributed by atoms with van der Waals surface area (Å²) in [6.07, 6.45) is 4.77. The van der Waals surface area contributed by atoms with Gasteiger partial charge in [0.1, 0.15) is 0 Å². The zero-order valence-electron chi connectivity index (χ0n) is 16.9. The molecule has 2 aromatic carbocycles. The van der Waals surface area contributed by atoms with Crippen LogP contribution in [-0.2, 0) is 17.4 Å². The number of aromatic nitrogens is 4. The summed E-state index contributed by atoms with van der Waals surface area (Å²) in [5.41, 5.74) is 7.30. The van der Waals surface area contributed by atoms with Crippen molar-refractivity contribution in [1.82, 2.24) is 19.5 Å². The summed E-state index contributed by atoms with van der Waals surface area (Å²) in [6, 6.07) is 13.2. The normalized spacial score (nSPS) is 12.9. The SMILES string of the molecule is CC(C)(C)c1ccc2ncn(CCC(C)(C)c3ccc4nc[nH]c4c3)c2c1. The Morgan fingerprint density at radius 1 is 0.889 bits per heavy atom. The summed E-state index contributed by atoms with van der Waals surface area (Å²) in [5, 5.41) is 0. The lowest BCUT2D eigenvalue weighted by Crippen LogP contribution is -2.19. The average molecular weight is 361 g/mol. The average Bonchev–Trinajstić information content (AvgIpc) is 3.24. The van der Waals surface area contributed by atoms with E-state index in [0.717, 1.165) is 29.5 Å². The van der Waals surface area contributed by atoms with Gasteiger partial charge >= 0.3 is 0 Å². The van der Waals surface area contributed by atoms with Crippen LogP contribution in [0.15, 0.2) is 49.1 Å². The number of aryl methyl sites for hydroxylation is 1. The molecule has 4 heteroatoms. The number of fused-ring (bicyclic) bond motifs is 2. The number of aromatic amines is 1. The Morgan fingerprint density at radius 2 is 1.63 bits per heavy atom. The van der Waals surface area contributed by atoms with E-state index in [2.05, 4.69) is 90.5 Å². The number of nitrogens with one attached hydrogen (secondary N) is 1. The Morgan fingerprint density at radius 3 is 2.41 bits per heavy atom. The van der Waals surface area contributed by atoms with Gasteiger partial charge in [-0.2, -0.15) is 0 Å². The van der Waals surface area contributed by atoms with E-state index in [4.69, 9.17) is 0 Å². The van der Waals surface area contributed by atoms with Gasteiger partial charge in [0.15, 0.2) is 0 Å². The first-order chi connectivity index (χ1) is 12.7. The molecule has 0 aliphatic heterocycles. The Balaban J connectivity index is 1.60. The monoisotopic (exact) mass is 360 g/mol. The van der Waals surface area contributed by atoms with Crippen LogP contribution in [0.1, 0.15) is 52.2 Å². The lowest BCUT2D eigenvalue weighted by atomic mass is 9.81. The molecule has 4 aromatic rings. The maximum absolute atomic E-state index is 4.60. The molecule has 0 aliphatic rings. The molecule has 0 amide bonds. The van der Waals surface area contributed by atoms with Gasteiger partial charge in [0.25, 0.3) is 0 Å². The molecule has 27 heavy (non-hydrogen) atoms. The lowest BCUT2D eigenvalue weighted by Gasteiger charge is -2.26. The summed E-state index contributed by atoms with van der Waals surface area (Å²) < 4.78 is 2.29. The third-order valence-corrected chi connectivity index (χ3v) is 5.67. The van der Waals surface area contributed by atoms with Crippen LogP contribution < -0.4 is 0 Å². The van der Waals surface area contributed by atoms with Crippen molar-refractivity contribution in [3.63, 3.8) is 0 Å². The first-order valence-electron chi connectivity index (χ1n) is 9.63. The smallest absolute Gasteiger partial charge is 0.0958 e. The second kappa shape index (κ2) is 6.22. The van der Waals surface area contributed by atoms with Gasteiger partial charge in [0.05, 0.1) is 34.7 Å². The van der Waals surface area contributed by atoms with Gasteiger partial charge in [-0.1, -0.05) is 46.8 Å². The molecule has 0 bridgehead atoms. The molecular formula is C23H28N4. The van der Waals surface area contributed by atoms with Crippen LogP contribution in [0.25, 0.3) is 22.1 Å². The zero-order chi connectivity index (χ0) is 19.2. The highest BCUT2D eigenvalue weighted by atomic mass is 15.0. The minimum atomic E-state index is 0.0670. The highest BCUT2D eigenvalue weighted by molar-refractivity contribution is 5.77. The highest BCUT2D eigenvalue weighted by Crippen LogP contribution is 2.31. The molecule has 0 atom stereocenters. The largest absolute Gasteiger partial charge is 0.345 e. The van der Waals surface area contributed by atoms with Gasteiger partial charge in [-0.05, 0) is 52.6 Å². The van der Waals surface area contributed by atoms with E-state index in [9.17, 15) is 0 Å². The zero-order valence-corrected chi connectivity index (χ0v) is 16.9. The Labute approximate surface area is 160 Å². The van der Waals surface area contributed by atoms with Crippen LogP contribution in [0.4, 0.5) is 0 Å². The molecule has 0 spiro atoms. The molecule has 140 valence electrons. The van der Waals surface area contributed by atoms with Crippen LogP contribution in [0.3, 0.4) is 0 Å². The maximum Gasteiger partial charge on any atom is 0.0958 e. The van der Waals surface area contributed by atoms with E-state index in [0.29, 0.717) is 0 Å². The van der Waals surface area contributed by atoms with Gasteiger partial charge in [-0.3, -0.25) is 0 Å². The summed E-state index contributed by atoms with van der Waals surface area (Å²) in [6.45, 7) is 12.3. The Kier molecular flexibility index (Phi) is 4.10. The molecule has 2 aromatic heterocycles. The van der Waals surface area contributed by atoms with Gasteiger partial charge in [0.2, 0.25) is 0 Å². The van der Waals surface area contributed by atoms with E-state index >= 15 is 0 Å². The van der Waals surface area contributed by atoms with Crippen molar-refractivity contribution in [3.05, 3.63) is 60.2 Å². The van der Waals surface area contributed by atoms with Crippen LogP contribution in [0, 0.1) is 0 Å². The van der Waals surface area contributed by atoms with Crippen molar-refractivity contribution < 1.29 is 0 Å². The van der Waals surface area contributed by atoms with E-state index in [1.807, 2.05) is 6.33 Å². The topological polar surface area (TPSA) is 46.5 Å². The van der Waals surface area contributed by atoms with Crippen molar-refractivity contribution >= 4 is 22.1 Å². The molecule has 0 unspecified atom stereocenters. The lowest BCUT2D eigenvalue weighted by molar-refractivity contribution is 0.441. The summed E-state index contributed by atoms with van der Waals surface area (Å²) in [7, 11) is 0. The van der Waals surface area contributed by atoms with Crippen molar-refractivity contribution in [2.45, 2.75) is 58.4 Å². The van der Waals surface area contributed by atoms with E-state index < -0.39 is 0 Å². The predicted octanol–water partition coefficient (Wildman–Crippen LogP) is 5.58. The fraction of sp³-hybridized carbons (Fsp3) is 0.391. The Bertz CT molecular complexity index is 1090. The van der Waals surface area contributed by atoms with Crippen LogP contribution in [-0.4, -0.2) is 19.5 Å². The van der Waals surface area contributed by atoms with Crippen molar-refractivity contribution in [3.8, 4) is 0 Å². The number of hydrogen-bond acceptors (Lipinski definition) is 2. The molecule has 0 saturated heterocycles. The minimum absolute atomic E-state index is 0.0670. The number of hydrogen-bond donors (Lipinski definition) is 1. The minimum Gasteiger partial charge on any atom is -0.345 e. The molecular weight excluding hydrogens is 332 g/mol.